The van der Waals surface area contributed by atoms with Gasteiger partial charge in [0.25, 0.3) is 0 Å². The molecule has 0 aromatic heterocycles. The van der Waals surface area contributed by atoms with Crippen molar-refractivity contribution in [3.63, 3.8) is 0 Å². The van der Waals surface area contributed by atoms with Crippen LogP contribution in [0.5, 0.6) is 0 Å². The minimum atomic E-state index is -0.436. The number of alkyl halides is 2. The van der Waals surface area contributed by atoms with Crippen molar-refractivity contribution < 1.29 is 0 Å². The summed E-state index contributed by atoms with van der Waals surface area (Å²) in [6.45, 7) is 4.62. The Bertz CT molecular complexity index is 337. The lowest BCUT2D eigenvalue weighted by atomic mass is 9.43. The first-order valence-corrected chi connectivity index (χ1v) is 10.6. The van der Waals surface area contributed by atoms with Crippen LogP contribution < -0.4 is 0 Å². The topological polar surface area (TPSA) is 0 Å². The van der Waals surface area contributed by atoms with Crippen LogP contribution in [0.2, 0.25) is 0 Å². The molecule has 0 unspecified atom stereocenters. The molecule has 0 aliphatic heterocycles. The lowest BCUT2D eigenvalue weighted by Gasteiger charge is -2.69. The van der Waals surface area contributed by atoms with Gasteiger partial charge in [0.15, 0.2) is 0 Å². The van der Waals surface area contributed by atoms with Crippen LogP contribution in [-0.4, -0.2) is 4.33 Å². The molecule has 0 saturated heterocycles. The molecule has 3 aliphatic rings. The summed E-state index contributed by atoms with van der Waals surface area (Å²) in [4.78, 5) is 0. The smallest absolute Gasteiger partial charge is 0.100 e. The summed E-state index contributed by atoms with van der Waals surface area (Å²) in [5, 5.41) is 0. The van der Waals surface area contributed by atoms with Gasteiger partial charge in [-0.3, -0.25) is 0 Å². The molecule has 0 aromatic rings. The van der Waals surface area contributed by atoms with Gasteiger partial charge in [-0.2, -0.15) is 0 Å². The Morgan fingerprint density at radius 1 is 0.727 bits per heavy atom. The number of hydrogen-bond acceptors (Lipinski definition) is 0. The van der Waals surface area contributed by atoms with Crippen LogP contribution in [0.1, 0.15) is 97.3 Å². The van der Waals surface area contributed by atoms with Crippen LogP contribution in [0, 0.1) is 22.7 Å². The van der Waals surface area contributed by atoms with Crippen molar-refractivity contribution in [3.8, 4) is 0 Å². The second-order valence-electron chi connectivity index (χ2n) is 8.78. The fourth-order valence-corrected chi connectivity index (χ4v) is 7.18. The molecular formula is C20H34Cl2. The Hall–Kier alpha value is 0.580. The SMILES string of the molecule is CCCC1CCC2(CC1)CC1(CCC(CCC)CC1)C2(Cl)Cl. The summed E-state index contributed by atoms with van der Waals surface area (Å²) in [5.41, 5.74) is 0.524. The van der Waals surface area contributed by atoms with Crippen LogP contribution in [-0.2, 0) is 0 Å². The molecule has 0 heterocycles. The first kappa shape index (κ1) is 17.4. The molecule has 3 saturated carbocycles. The van der Waals surface area contributed by atoms with Gasteiger partial charge in [0.1, 0.15) is 4.33 Å². The minimum Gasteiger partial charge on any atom is -0.100 e. The van der Waals surface area contributed by atoms with Crippen molar-refractivity contribution in [2.45, 2.75) is 102 Å². The maximum Gasteiger partial charge on any atom is 0.129 e. The summed E-state index contributed by atoms with van der Waals surface area (Å²) in [6.07, 6.45) is 17.4. The summed E-state index contributed by atoms with van der Waals surface area (Å²) < 4.78 is -0.436. The van der Waals surface area contributed by atoms with E-state index in [-0.39, 0.29) is 10.8 Å². The van der Waals surface area contributed by atoms with Gasteiger partial charge in [-0.15, -0.1) is 23.2 Å². The molecule has 2 spiro atoms. The fourth-order valence-electron chi connectivity index (χ4n) is 6.16. The van der Waals surface area contributed by atoms with E-state index in [1.54, 1.807) is 0 Å². The highest BCUT2D eigenvalue weighted by Gasteiger charge is 2.72. The molecule has 3 rings (SSSR count). The number of rotatable bonds is 4. The normalized spacial score (nSPS) is 44.2. The third-order valence-electron chi connectivity index (χ3n) is 7.53. The minimum absolute atomic E-state index is 0.262. The number of halogens is 2. The second kappa shape index (κ2) is 6.47. The van der Waals surface area contributed by atoms with Gasteiger partial charge in [0.2, 0.25) is 0 Å². The highest BCUT2D eigenvalue weighted by atomic mass is 35.5. The van der Waals surface area contributed by atoms with Gasteiger partial charge in [-0.25, -0.2) is 0 Å². The molecule has 128 valence electrons. The van der Waals surface area contributed by atoms with Crippen LogP contribution in [0.25, 0.3) is 0 Å². The monoisotopic (exact) mass is 344 g/mol. The third kappa shape index (κ3) is 2.65. The van der Waals surface area contributed by atoms with E-state index < -0.39 is 4.33 Å². The molecule has 0 aromatic carbocycles. The zero-order valence-electron chi connectivity index (χ0n) is 14.6. The van der Waals surface area contributed by atoms with Crippen molar-refractivity contribution >= 4 is 23.2 Å². The van der Waals surface area contributed by atoms with Crippen LogP contribution in [0.4, 0.5) is 0 Å². The fraction of sp³-hybridized carbons (Fsp3) is 1.00. The molecular weight excluding hydrogens is 311 g/mol. The highest BCUT2D eigenvalue weighted by Crippen LogP contribution is 2.76. The molecule has 0 atom stereocenters. The Morgan fingerprint density at radius 3 is 1.36 bits per heavy atom. The zero-order chi connectivity index (χ0) is 15.8. The predicted octanol–water partition coefficient (Wildman–Crippen LogP) is 7.52. The van der Waals surface area contributed by atoms with Gasteiger partial charge in [0.05, 0.1) is 0 Å². The van der Waals surface area contributed by atoms with Gasteiger partial charge in [-0.1, -0.05) is 39.5 Å². The van der Waals surface area contributed by atoms with E-state index in [4.69, 9.17) is 23.2 Å². The molecule has 0 amide bonds. The lowest BCUT2D eigenvalue weighted by Crippen LogP contribution is -2.66. The largest absolute Gasteiger partial charge is 0.129 e. The first-order chi connectivity index (χ1) is 10.5. The molecule has 0 radical (unpaired) electrons. The maximum absolute atomic E-state index is 7.09. The van der Waals surface area contributed by atoms with Gasteiger partial charge >= 0.3 is 0 Å². The molecule has 22 heavy (non-hydrogen) atoms. The molecule has 2 heteroatoms. The Labute approximate surface area is 147 Å². The van der Waals surface area contributed by atoms with Crippen molar-refractivity contribution in [3.05, 3.63) is 0 Å². The lowest BCUT2D eigenvalue weighted by molar-refractivity contribution is -0.115. The highest BCUT2D eigenvalue weighted by molar-refractivity contribution is 6.50. The molecule has 0 bridgehead atoms. The van der Waals surface area contributed by atoms with E-state index in [1.165, 1.54) is 83.5 Å². The summed E-state index contributed by atoms with van der Waals surface area (Å²) in [6, 6.07) is 0. The Kier molecular flexibility index (Phi) is 5.12. The number of hydrogen-bond donors (Lipinski definition) is 0. The molecule has 0 N–H and O–H groups in total. The van der Waals surface area contributed by atoms with Crippen molar-refractivity contribution in [2.75, 3.05) is 0 Å². The molecule has 3 aliphatic carbocycles. The first-order valence-electron chi connectivity index (χ1n) is 9.86. The average Bonchev–Trinajstić information content (AvgIpc) is 2.51. The maximum atomic E-state index is 7.09. The zero-order valence-corrected chi connectivity index (χ0v) is 16.1. The van der Waals surface area contributed by atoms with E-state index in [1.807, 2.05) is 0 Å². The van der Waals surface area contributed by atoms with E-state index in [2.05, 4.69) is 13.8 Å². The molecule has 0 nitrogen and oxygen atoms in total. The Balaban J connectivity index is 1.61. The Morgan fingerprint density at radius 2 is 1.09 bits per heavy atom. The van der Waals surface area contributed by atoms with Crippen LogP contribution >= 0.6 is 23.2 Å². The van der Waals surface area contributed by atoms with Crippen LogP contribution in [0.15, 0.2) is 0 Å². The summed E-state index contributed by atoms with van der Waals surface area (Å²) in [7, 11) is 0. The van der Waals surface area contributed by atoms with Crippen LogP contribution in [0.3, 0.4) is 0 Å². The van der Waals surface area contributed by atoms with Gasteiger partial charge < -0.3 is 0 Å². The van der Waals surface area contributed by atoms with Crippen molar-refractivity contribution in [2.24, 2.45) is 22.7 Å². The average molecular weight is 345 g/mol. The van der Waals surface area contributed by atoms with E-state index in [9.17, 15) is 0 Å². The van der Waals surface area contributed by atoms with E-state index in [0.29, 0.717) is 0 Å². The van der Waals surface area contributed by atoms with Crippen molar-refractivity contribution in [1.29, 1.82) is 0 Å². The van der Waals surface area contributed by atoms with Gasteiger partial charge in [0, 0.05) is 10.8 Å². The standard InChI is InChI=1S/C20H34Cl2/c1-3-5-16-7-11-18(12-8-16)15-19(20(18,21)22)13-9-17(6-4-2)10-14-19/h16-17H,3-15H2,1-2H3. The third-order valence-corrected chi connectivity index (χ3v) is 9.13. The van der Waals surface area contributed by atoms with E-state index >= 15 is 0 Å². The summed E-state index contributed by atoms with van der Waals surface area (Å²) in [5.74, 6) is 1.88. The second-order valence-corrected chi connectivity index (χ2v) is 10.1. The quantitative estimate of drug-likeness (QED) is 0.462. The molecule has 3 fully saturated rings. The predicted molar refractivity (Wildman–Crippen MR) is 97.7 cm³/mol. The van der Waals surface area contributed by atoms with Crippen molar-refractivity contribution in [1.82, 2.24) is 0 Å². The summed E-state index contributed by atoms with van der Waals surface area (Å²) >= 11 is 14.2. The van der Waals surface area contributed by atoms with Gasteiger partial charge in [-0.05, 0) is 69.6 Å². The van der Waals surface area contributed by atoms with E-state index in [0.717, 1.165) is 11.8 Å².